The third kappa shape index (κ3) is 6.91. The molecule has 0 atom stereocenters. The summed E-state index contributed by atoms with van der Waals surface area (Å²) >= 11 is 0. The molecule has 0 aliphatic heterocycles. The number of nitrogens with two attached hydrogens (primary N) is 1. The minimum absolute atomic E-state index is 0.132. The van der Waals surface area contributed by atoms with Crippen LogP contribution in [0.15, 0.2) is 272 Å². The van der Waals surface area contributed by atoms with E-state index in [0.29, 0.717) is 12.3 Å². The number of rotatable bonds is 9. The van der Waals surface area contributed by atoms with Gasteiger partial charge < -0.3 is 5.73 Å². The van der Waals surface area contributed by atoms with Crippen molar-refractivity contribution in [2.24, 2.45) is 10.7 Å². The fourth-order valence-electron chi connectivity index (χ4n) is 13.3. The number of hydrogen-bond acceptors (Lipinski definition) is 1. The second-order valence-corrected chi connectivity index (χ2v) is 21.0. The summed E-state index contributed by atoms with van der Waals surface area (Å²) in [6.45, 7) is 4.76. The predicted molar refractivity (Wildman–Crippen MR) is 320 cm³/mol. The van der Waals surface area contributed by atoms with Crippen molar-refractivity contribution in [3.05, 3.63) is 317 Å². The molecule has 0 aromatic heterocycles. The SMILES string of the molecule is CC1(C)c2cccc(-c3ccc(-c4ccc(/C(=C/Cc5cccc6c5-c5ccccc5C6(c5ccccc5)c5ccccc5)N=C(N)c5ccccc5)c5ccccc45)c4ccccc34)c2-c2c1ccc1ccccc21. The van der Waals surface area contributed by atoms with Crippen molar-refractivity contribution in [2.45, 2.75) is 31.1 Å². The zero-order chi connectivity index (χ0) is 51.0. The Morgan fingerprint density at radius 3 is 1.58 bits per heavy atom. The van der Waals surface area contributed by atoms with Crippen LogP contribution < -0.4 is 5.73 Å². The lowest BCUT2D eigenvalue weighted by Gasteiger charge is -2.33. The standard InChI is InChI=1S/C74H54N2/c1-73(2)65-38-21-36-62(71(65)70-53-30-13-12-22-48(53)40-46-66(70)73)60-43-42-58(54-31-14-15-32-55(54)60)59-44-45-61(57-34-17-16-33-56(57)59)68(76-72(75)50-23-6-3-7-24-50)47-41-49-25-20-39-67-69(49)63-35-18-19-37-64(63)74(67,51-26-8-4-9-27-51)52-28-10-5-11-29-52/h3-40,42-47H,41H2,1-2H3,(H2,75,76)/b68-47-. The summed E-state index contributed by atoms with van der Waals surface area (Å²) in [6, 6.07) is 95.5. The summed E-state index contributed by atoms with van der Waals surface area (Å²) in [6.07, 6.45) is 2.94. The van der Waals surface area contributed by atoms with Crippen LogP contribution in [0.1, 0.15) is 63.9 Å². The molecule has 0 saturated carbocycles. The summed E-state index contributed by atoms with van der Waals surface area (Å²) < 4.78 is 0. The molecule has 14 rings (SSSR count). The van der Waals surface area contributed by atoms with E-state index in [0.717, 1.165) is 27.6 Å². The average Bonchev–Trinajstić information content (AvgIpc) is 4.05. The van der Waals surface area contributed by atoms with E-state index in [2.05, 4.69) is 250 Å². The van der Waals surface area contributed by atoms with E-state index in [1.165, 1.54) is 105 Å². The van der Waals surface area contributed by atoms with Gasteiger partial charge in [0.05, 0.1) is 11.1 Å². The molecular formula is C74H54N2. The zero-order valence-electron chi connectivity index (χ0n) is 42.6. The Kier molecular flexibility index (Phi) is 10.7. The number of hydrogen-bond donors (Lipinski definition) is 1. The van der Waals surface area contributed by atoms with Crippen molar-refractivity contribution < 1.29 is 0 Å². The molecule has 12 aromatic rings. The van der Waals surface area contributed by atoms with Crippen molar-refractivity contribution in [2.75, 3.05) is 0 Å². The molecule has 0 spiro atoms. The fraction of sp³-hybridized carbons (Fsp3) is 0.0676. The molecule has 0 fully saturated rings. The van der Waals surface area contributed by atoms with Gasteiger partial charge in [0.25, 0.3) is 0 Å². The number of benzene rings is 12. The molecule has 2 nitrogen and oxygen atoms in total. The van der Waals surface area contributed by atoms with Crippen LogP contribution in [0.3, 0.4) is 0 Å². The van der Waals surface area contributed by atoms with Crippen LogP contribution in [-0.2, 0) is 17.3 Å². The molecule has 360 valence electrons. The topological polar surface area (TPSA) is 38.4 Å². The third-order valence-electron chi connectivity index (χ3n) is 16.7. The highest BCUT2D eigenvalue weighted by atomic mass is 14.9. The molecule has 0 amide bonds. The van der Waals surface area contributed by atoms with Crippen molar-refractivity contribution >= 4 is 43.9 Å². The van der Waals surface area contributed by atoms with Gasteiger partial charge in [-0.25, -0.2) is 4.99 Å². The number of nitrogens with zero attached hydrogens (tertiary/aromatic N) is 1. The van der Waals surface area contributed by atoms with Gasteiger partial charge in [0.15, 0.2) is 0 Å². The summed E-state index contributed by atoms with van der Waals surface area (Å²) in [5.41, 5.74) is 28.4. The Morgan fingerprint density at radius 1 is 0.382 bits per heavy atom. The van der Waals surface area contributed by atoms with Crippen LogP contribution in [-0.4, -0.2) is 5.84 Å². The van der Waals surface area contributed by atoms with Crippen LogP contribution in [0.4, 0.5) is 0 Å². The fourth-order valence-corrected chi connectivity index (χ4v) is 13.3. The van der Waals surface area contributed by atoms with E-state index < -0.39 is 5.41 Å². The summed E-state index contributed by atoms with van der Waals surface area (Å²) in [5.74, 6) is 0.476. The highest BCUT2D eigenvalue weighted by molar-refractivity contribution is 6.14. The molecule has 0 bridgehead atoms. The molecule has 2 heteroatoms. The highest BCUT2D eigenvalue weighted by Gasteiger charge is 2.46. The summed E-state index contributed by atoms with van der Waals surface area (Å²) in [5, 5.41) is 7.30. The minimum atomic E-state index is -0.486. The lowest BCUT2D eigenvalue weighted by molar-refractivity contribution is 0.661. The Morgan fingerprint density at radius 2 is 0.882 bits per heavy atom. The van der Waals surface area contributed by atoms with Crippen molar-refractivity contribution in [3.63, 3.8) is 0 Å². The first-order valence-corrected chi connectivity index (χ1v) is 26.5. The van der Waals surface area contributed by atoms with Gasteiger partial charge in [-0.2, -0.15) is 0 Å². The number of fused-ring (bicyclic) bond motifs is 10. The predicted octanol–water partition coefficient (Wildman–Crippen LogP) is 18.1. The molecule has 2 aliphatic rings. The van der Waals surface area contributed by atoms with E-state index >= 15 is 0 Å². The smallest absolute Gasteiger partial charge is 0.131 e. The van der Waals surface area contributed by atoms with Crippen LogP contribution in [0.2, 0.25) is 0 Å². The van der Waals surface area contributed by atoms with Gasteiger partial charge in [-0.05, 0) is 122 Å². The largest absolute Gasteiger partial charge is 0.383 e. The average molecular weight is 971 g/mol. The Labute approximate surface area is 444 Å². The number of aliphatic imine (C=N–C) groups is 1. The molecule has 0 saturated heterocycles. The first-order valence-electron chi connectivity index (χ1n) is 26.5. The molecule has 12 aromatic carbocycles. The lowest BCUT2D eigenvalue weighted by atomic mass is 9.67. The second kappa shape index (κ2) is 17.9. The van der Waals surface area contributed by atoms with Crippen molar-refractivity contribution in [1.82, 2.24) is 0 Å². The monoisotopic (exact) mass is 970 g/mol. The summed E-state index contributed by atoms with van der Waals surface area (Å²) in [7, 11) is 0. The maximum Gasteiger partial charge on any atom is 0.131 e. The lowest BCUT2D eigenvalue weighted by Crippen LogP contribution is -2.28. The van der Waals surface area contributed by atoms with Gasteiger partial charge in [0, 0.05) is 16.5 Å². The van der Waals surface area contributed by atoms with E-state index in [1.807, 2.05) is 30.3 Å². The van der Waals surface area contributed by atoms with Crippen LogP contribution in [0.25, 0.3) is 82.5 Å². The Bertz CT molecular complexity index is 4290. The van der Waals surface area contributed by atoms with Gasteiger partial charge in [-0.1, -0.05) is 281 Å². The summed E-state index contributed by atoms with van der Waals surface area (Å²) in [4.78, 5) is 5.37. The van der Waals surface area contributed by atoms with Crippen molar-refractivity contribution in [3.8, 4) is 44.5 Å². The second-order valence-electron chi connectivity index (χ2n) is 21.0. The molecule has 2 aliphatic carbocycles. The van der Waals surface area contributed by atoms with Gasteiger partial charge >= 0.3 is 0 Å². The van der Waals surface area contributed by atoms with Gasteiger partial charge in [-0.15, -0.1) is 0 Å². The molecule has 2 N–H and O–H groups in total. The molecule has 0 radical (unpaired) electrons. The van der Waals surface area contributed by atoms with Crippen molar-refractivity contribution in [1.29, 1.82) is 0 Å². The molecule has 76 heavy (non-hydrogen) atoms. The maximum absolute atomic E-state index is 7.02. The number of amidine groups is 1. The normalized spacial score (nSPS) is 14.1. The quantitative estimate of drug-likeness (QED) is 0.114. The van der Waals surface area contributed by atoms with Crippen LogP contribution in [0.5, 0.6) is 0 Å². The van der Waals surface area contributed by atoms with Crippen LogP contribution in [0, 0.1) is 0 Å². The highest BCUT2D eigenvalue weighted by Crippen LogP contribution is 2.58. The molecule has 0 unspecified atom stereocenters. The third-order valence-corrected chi connectivity index (χ3v) is 16.7. The zero-order valence-corrected chi connectivity index (χ0v) is 42.6. The minimum Gasteiger partial charge on any atom is -0.383 e. The molecular weight excluding hydrogens is 917 g/mol. The van der Waals surface area contributed by atoms with Gasteiger partial charge in [0.1, 0.15) is 5.84 Å². The van der Waals surface area contributed by atoms with Crippen LogP contribution >= 0.6 is 0 Å². The maximum atomic E-state index is 7.02. The van der Waals surface area contributed by atoms with Gasteiger partial charge in [0.2, 0.25) is 0 Å². The van der Waals surface area contributed by atoms with Gasteiger partial charge in [-0.3, -0.25) is 0 Å². The van der Waals surface area contributed by atoms with E-state index in [4.69, 9.17) is 10.7 Å². The number of allylic oxidation sites excluding steroid dienone is 1. The first kappa shape index (κ1) is 45.3. The van der Waals surface area contributed by atoms with E-state index in [1.54, 1.807) is 0 Å². The van der Waals surface area contributed by atoms with E-state index in [9.17, 15) is 0 Å². The Hall–Kier alpha value is -9.37. The van der Waals surface area contributed by atoms with E-state index in [-0.39, 0.29) is 5.41 Å². The Balaban J connectivity index is 0.926. The molecule has 0 heterocycles. The first-order chi connectivity index (χ1) is 37.4.